The molecule has 0 aromatic carbocycles. The molecular formula is C9H17NO2. The predicted octanol–water partition coefficient (Wildman–Crippen LogP) is 0.923. The summed E-state index contributed by atoms with van der Waals surface area (Å²) in [4.78, 5) is 11.0. The summed E-state index contributed by atoms with van der Waals surface area (Å²) in [6.45, 7) is 4.38. The molecule has 1 atom stereocenters. The van der Waals surface area contributed by atoms with E-state index < -0.39 is 6.04 Å². The Bertz CT molecular complexity index is 181. The summed E-state index contributed by atoms with van der Waals surface area (Å²) in [6, 6.07) is -0.414. The molecule has 1 aliphatic carbocycles. The quantitative estimate of drug-likeness (QED) is 0.629. The zero-order valence-corrected chi connectivity index (χ0v) is 7.96. The minimum absolute atomic E-state index is 0.282. The van der Waals surface area contributed by atoms with Gasteiger partial charge in [0.2, 0.25) is 0 Å². The maximum atomic E-state index is 11.0. The number of carbonyl (C=O) groups is 1. The third kappa shape index (κ3) is 1.78. The van der Waals surface area contributed by atoms with E-state index in [1.165, 1.54) is 7.11 Å². The number of methoxy groups -OCH3 is 1. The second-order valence-electron chi connectivity index (χ2n) is 4.38. The fourth-order valence-corrected chi connectivity index (χ4v) is 1.94. The molecule has 0 aromatic rings. The summed E-state index contributed by atoms with van der Waals surface area (Å²) in [5, 5.41) is 0. The lowest BCUT2D eigenvalue weighted by Crippen LogP contribution is -2.48. The Labute approximate surface area is 73.3 Å². The van der Waals surface area contributed by atoms with E-state index in [4.69, 9.17) is 5.73 Å². The number of carbonyl (C=O) groups excluding carboxylic acids is 1. The molecular weight excluding hydrogens is 154 g/mol. The van der Waals surface area contributed by atoms with Crippen molar-refractivity contribution in [3.05, 3.63) is 0 Å². The van der Waals surface area contributed by atoms with Gasteiger partial charge in [0.25, 0.3) is 0 Å². The molecule has 1 rings (SSSR count). The minimum atomic E-state index is -0.414. The van der Waals surface area contributed by atoms with Crippen molar-refractivity contribution < 1.29 is 9.53 Å². The highest BCUT2D eigenvalue weighted by Crippen LogP contribution is 2.45. The van der Waals surface area contributed by atoms with Gasteiger partial charge in [-0.05, 0) is 24.2 Å². The molecule has 0 bridgehead atoms. The Morgan fingerprint density at radius 3 is 2.42 bits per heavy atom. The Hall–Kier alpha value is -0.570. The second kappa shape index (κ2) is 3.05. The zero-order chi connectivity index (χ0) is 9.35. The molecule has 3 heteroatoms. The summed E-state index contributed by atoms with van der Waals surface area (Å²) in [6.07, 6.45) is 2.06. The molecule has 1 unspecified atom stereocenters. The first-order chi connectivity index (χ1) is 5.46. The van der Waals surface area contributed by atoms with Crippen LogP contribution in [0.5, 0.6) is 0 Å². The van der Waals surface area contributed by atoms with Gasteiger partial charge in [-0.1, -0.05) is 13.8 Å². The Morgan fingerprint density at radius 2 is 2.08 bits per heavy atom. The van der Waals surface area contributed by atoms with Crippen LogP contribution in [0.3, 0.4) is 0 Å². The van der Waals surface area contributed by atoms with Crippen molar-refractivity contribution in [1.29, 1.82) is 0 Å². The number of nitrogens with two attached hydrogens (primary N) is 1. The summed E-state index contributed by atoms with van der Waals surface area (Å²) < 4.78 is 4.57. The first-order valence-electron chi connectivity index (χ1n) is 4.30. The van der Waals surface area contributed by atoms with Gasteiger partial charge in [0.15, 0.2) is 0 Å². The fourth-order valence-electron chi connectivity index (χ4n) is 1.94. The lowest BCUT2D eigenvalue weighted by atomic mass is 9.62. The Balaban J connectivity index is 2.38. The highest BCUT2D eigenvalue weighted by molar-refractivity contribution is 5.75. The average molecular weight is 171 g/mol. The van der Waals surface area contributed by atoms with Gasteiger partial charge in [-0.15, -0.1) is 0 Å². The topological polar surface area (TPSA) is 52.3 Å². The number of hydrogen-bond acceptors (Lipinski definition) is 3. The molecule has 1 fully saturated rings. The Kier molecular flexibility index (Phi) is 2.42. The summed E-state index contributed by atoms with van der Waals surface area (Å²) in [5.74, 6) is 0.0444. The summed E-state index contributed by atoms with van der Waals surface area (Å²) in [5.41, 5.74) is 6.05. The van der Waals surface area contributed by atoms with Crippen LogP contribution in [0.25, 0.3) is 0 Å². The van der Waals surface area contributed by atoms with E-state index in [9.17, 15) is 4.79 Å². The standard InChI is InChI=1S/C9H17NO2/c1-9(2)4-6(5-9)7(10)8(11)12-3/h6-7H,4-5,10H2,1-3H3. The number of ether oxygens (including phenoxy) is 1. The van der Waals surface area contributed by atoms with Crippen LogP contribution in [0.1, 0.15) is 26.7 Å². The van der Waals surface area contributed by atoms with Crippen LogP contribution in [-0.4, -0.2) is 19.1 Å². The fraction of sp³-hybridized carbons (Fsp3) is 0.889. The summed E-state index contributed by atoms with van der Waals surface area (Å²) in [7, 11) is 1.38. The van der Waals surface area contributed by atoms with E-state index >= 15 is 0 Å². The van der Waals surface area contributed by atoms with Crippen molar-refractivity contribution in [3.63, 3.8) is 0 Å². The highest BCUT2D eigenvalue weighted by atomic mass is 16.5. The first kappa shape index (κ1) is 9.52. The van der Waals surface area contributed by atoms with Crippen molar-refractivity contribution in [1.82, 2.24) is 0 Å². The summed E-state index contributed by atoms with van der Waals surface area (Å²) >= 11 is 0. The molecule has 3 nitrogen and oxygen atoms in total. The van der Waals surface area contributed by atoms with Crippen molar-refractivity contribution in [2.75, 3.05) is 7.11 Å². The van der Waals surface area contributed by atoms with Crippen LogP contribution in [0, 0.1) is 11.3 Å². The van der Waals surface area contributed by atoms with E-state index in [-0.39, 0.29) is 5.97 Å². The van der Waals surface area contributed by atoms with Crippen molar-refractivity contribution >= 4 is 5.97 Å². The van der Waals surface area contributed by atoms with Crippen LogP contribution >= 0.6 is 0 Å². The third-order valence-electron chi connectivity index (χ3n) is 2.61. The second-order valence-corrected chi connectivity index (χ2v) is 4.38. The molecule has 70 valence electrons. The molecule has 1 saturated carbocycles. The molecule has 0 saturated heterocycles. The molecule has 0 amide bonds. The third-order valence-corrected chi connectivity index (χ3v) is 2.61. The zero-order valence-electron chi connectivity index (χ0n) is 7.96. The largest absolute Gasteiger partial charge is 0.468 e. The smallest absolute Gasteiger partial charge is 0.322 e. The van der Waals surface area contributed by atoms with Gasteiger partial charge in [0, 0.05) is 0 Å². The maximum absolute atomic E-state index is 11.0. The van der Waals surface area contributed by atoms with Crippen LogP contribution in [0.2, 0.25) is 0 Å². The molecule has 0 heterocycles. The average Bonchev–Trinajstić information content (AvgIpc) is 1.97. The van der Waals surface area contributed by atoms with E-state index in [1.807, 2.05) is 0 Å². The van der Waals surface area contributed by atoms with Gasteiger partial charge in [0.1, 0.15) is 6.04 Å². The molecule has 1 aliphatic rings. The van der Waals surface area contributed by atoms with Gasteiger partial charge >= 0.3 is 5.97 Å². The molecule has 0 aliphatic heterocycles. The number of rotatable bonds is 2. The van der Waals surface area contributed by atoms with Gasteiger partial charge in [0.05, 0.1) is 7.11 Å². The molecule has 0 spiro atoms. The van der Waals surface area contributed by atoms with E-state index in [0.29, 0.717) is 11.3 Å². The number of hydrogen-bond donors (Lipinski definition) is 1. The van der Waals surface area contributed by atoms with Gasteiger partial charge in [-0.25, -0.2) is 0 Å². The lowest BCUT2D eigenvalue weighted by molar-refractivity contribution is -0.145. The maximum Gasteiger partial charge on any atom is 0.322 e. The molecule has 0 radical (unpaired) electrons. The molecule has 0 aromatic heterocycles. The molecule has 12 heavy (non-hydrogen) atoms. The number of esters is 1. The van der Waals surface area contributed by atoms with Crippen molar-refractivity contribution in [3.8, 4) is 0 Å². The van der Waals surface area contributed by atoms with E-state index in [0.717, 1.165) is 12.8 Å². The van der Waals surface area contributed by atoms with E-state index in [2.05, 4.69) is 18.6 Å². The van der Waals surface area contributed by atoms with E-state index in [1.54, 1.807) is 0 Å². The Morgan fingerprint density at radius 1 is 1.58 bits per heavy atom. The van der Waals surface area contributed by atoms with Crippen LogP contribution in [-0.2, 0) is 9.53 Å². The predicted molar refractivity (Wildman–Crippen MR) is 46.5 cm³/mol. The van der Waals surface area contributed by atoms with Crippen molar-refractivity contribution in [2.24, 2.45) is 17.1 Å². The van der Waals surface area contributed by atoms with Crippen LogP contribution in [0.4, 0.5) is 0 Å². The van der Waals surface area contributed by atoms with Gasteiger partial charge in [-0.2, -0.15) is 0 Å². The van der Waals surface area contributed by atoms with Crippen LogP contribution in [0.15, 0.2) is 0 Å². The van der Waals surface area contributed by atoms with Gasteiger partial charge < -0.3 is 10.5 Å². The van der Waals surface area contributed by atoms with Gasteiger partial charge in [-0.3, -0.25) is 4.79 Å². The molecule has 2 N–H and O–H groups in total. The minimum Gasteiger partial charge on any atom is -0.468 e. The SMILES string of the molecule is COC(=O)C(N)C1CC(C)(C)C1. The highest BCUT2D eigenvalue weighted by Gasteiger charge is 2.41. The normalized spacial score (nSPS) is 24.3. The van der Waals surface area contributed by atoms with Crippen LogP contribution < -0.4 is 5.73 Å². The lowest BCUT2D eigenvalue weighted by Gasteiger charge is -2.44. The monoisotopic (exact) mass is 171 g/mol. The van der Waals surface area contributed by atoms with Crippen molar-refractivity contribution in [2.45, 2.75) is 32.7 Å². The first-order valence-corrected chi connectivity index (χ1v) is 4.30.